The number of amides is 1. The van der Waals surface area contributed by atoms with E-state index < -0.39 is 5.82 Å². The van der Waals surface area contributed by atoms with Crippen LogP contribution in [0.15, 0.2) is 24.3 Å². The second-order valence-corrected chi connectivity index (χ2v) is 4.44. The van der Waals surface area contributed by atoms with Crippen LogP contribution < -0.4 is 11.1 Å². The number of methoxy groups -OCH3 is 1. The molecule has 0 atom stereocenters. The molecule has 0 radical (unpaired) electrons. The molecule has 1 rings (SSSR count). The minimum atomic E-state index is -0.439. The number of halogens is 1. The first kappa shape index (κ1) is 16.6. The number of anilines is 1. The Morgan fingerprint density at radius 3 is 2.80 bits per heavy atom. The predicted molar refractivity (Wildman–Crippen MR) is 77.0 cm³/mol. The lowest BCUT2D eigenvalue weighted by Crippen LogP contribution is -2.37. The topological polar surface area (TPSA) is 67.6 Å². The molecule has 0 saturated heterocycles. The average Bonchev–Trinajstić information content (AvgIpc) is 2.44. The van der Waals surface area contributed by atoms with Crippen LogP contribution in [0.5, 0.6) is 0 Å². The van der Waals surface area contributed by atoms with Gasteiger partial charge in [-0.15, -0.1) is 0 Å². The minimum absolute atomic E-state index is 0.192. The van der Waals surface area contributed by atoms with Gasteiger partial charge in [-0.3, -0.25) is 9.69 Å². The minimum Gasteiger partial charge on any atom is -0.383 e. The third kappa shape index (κ3) is 6.10. The van der Waals surface area contributed by atoms with Gasteiger partial charge in [0.15, 0.2) is 0 Å². The molecule has 1 aromatic carbocycles. The summed E-state index contributed by atoms with van der Waals surface area (Å²) in [5, 5.41) is 2.57. The molecule has 0 fully saturated rings. The zero-order valence-electron chi connectivity index (χ0n) is 11.8. The van der Waals surface area contributed by atoms with Crippen molar-refractivity contribution in [3.05, 3.63) is 30.1 Å². The third-order valence-electron chi connectivity index (χ3n) is 2.81. The van der Waals surface area contributed by atoms with Crippen LogP contribution >= 0.6 is 0 Å². The van der Waals surface area contributed by atoms with E-state index in [-0.39, 0.29) is 18.1 Å². The highest BCUT2D eigenvalue weighted by molar-refractivity contribution is 5.92. The molecule has 0 aliphatic rings. The number of nitrogens with one attached hydrogen (secondary N) is 1. The van der Waals surface area contributed by atoms with Gasteiger partial charge in [0.05, 0.1) is 18.8 Å². The third-order valence-corrected chi connectivity index (χ3v) is 2.81. The summed E-state index contributed by atoms with van der Waals surface area (Å²) in [4.78, 5) is 13.8. The maximum absolute atomic E-state index is 13.4. The number of carbonyl (C=O) groups excluding carboxylic acids is 1. The molecule has 1 amide bonds. The van der Waals surface area contributed by atoms with Crippen molar-refractivity contribution in [2.75, 3.05) is 45.2 Å². The van der Waals surface area contributed by atoms with Gasteiger partial charge in [0.1, 0.15) is 5.82 Å². The fraction of sp³-hybridized carbons (Fsp3) is 0.500. The molecule has 3 N–H and O–H groups in total. The number of nitrogens with two attached hydrogens (primary N) is 1. The normalized spacial score (nSPS) is 10.8. The summed E-state index contributed by atoms with van der Waals surface area (Å²) in [5.74, 6) is -0.686. The van der Waals surface area contributed by atoms with Gasteiger partial charge in [-0.2, -0.15) is 0 Å². The van der Waals surface area contributed by atoms with Crippen molar-refractivity contribution in [2.24, 2.45) is 5.73 Å². The number of hydrogen-bond acceptors (Lipinski definition) is 4. The van der Waals surface area contributed by atoms with Crippen LogP contribution in [-0.4, -0.2) is 50.7 Å². The van der Waals surface area contributed by atoms with Gasteiger partial charge in [-0.1, -0.05) is 12.1 Å². The smallest absolute Gasteiger partial charge is 0.238 e. The Balaban J connectivity index is 2.50. The Kier molecular flexibility index (Phi) is 7.79. The van der Waals surface area contributed by atoms with Gasteiger partial charge in [-0.05, 0) is 31.6 Å². The fourth-order valence-corrected chi connectivity index (χ4v) is 1.76. The summed E-state index contributed by atoms with van der Waals surface area (Å²) in [6, 6.07) is 6.10. The highest BCUT2D eigenvalue weighted by atomic mass is 19.1. The predicted octanol–water partition coefficient (Wildman–Crippen LogP) is 1.06. The van der Waals surface area contributed by atoms with Crippen LogP contribution in [0, 0.1) is 5.82 Å². The highest BCUT2D eigenvalue weighted by Crippen LogP contribution is 2.12. The zero-order valence-corrected chi connectivity index (χ0v) is 11.8. The average molecular weight is 283 g/mol. The SMILES string of the molecule is COCCN(CCCN)CC(=O)Nc1ccccc1F. The second-order valence-electron chi connectivity index (χ2n) is 4.44. The van der Waals surface area contributed by atoms with Gasteiger partial charge in [0, 0.05) is 13.7 Å². The van der Waals surface area contributed by atoms with E-state index in [1.807, 2.05) is 4.90 Å². The first-order chi connectivity index (χ1) is 9.67. The lowest BCUT2D eigenvalue weighted by molar-refractivity contribution is -0.117. The van der Waals surface area contributed by atoms with Crippen LogP contribution in [0.1, 0.15) is 6.42 Å². The van der Waals surface area contributed by atoms with Crippen molar-refractivity contribution in [3.63, 3.8) is 0 Å². The first-order valence-electron chi connectivity index (χ1n) is 6.63. The monoisotopic (exact) mass is 283 g/mol. The summed E-state index contributed by atoms with van der Waals surface area (Å²) in [5.41, 5.74) is 5.67. The quantitative estimate of drug-likeness (QED) is 0.711. The molecule has 0 aliphatic carbocycles. The molecule has 5 nitrogen and oxygen atoms in total. The summed E-state index contributed by atoms with van der Waals surface area (Å²) >= 11 is 0. The molecule has 0 bridgehead atoms. The zero-order chi connectivity index (χ0) is 14.8. The molecule has 0 spiro atoms. The van der Waals surface area contributed by atoms with Crippen molar-refractivity contribution in [3.8, 4) is 0 Å². The van der Waals surface area contributed by atoms with Crippen LogP contribution in [0.2, 0.25) is 0 Å². The Morgan fingerprint density at radius 2 is 2.15 bits per heavy atom. The maximum Gasteiger partial charge on any atom is 0.238 e. The molecule has 0 heterocycles. The van der Waals surface area contributed by atoms with Crippen LogP contribution in [-0.2, 0) is 9.53 Å². The first-order valence-corrected chi connectivity index (χ1v) is 6.63. The van der Waals surface area contributed by atoms with Crippen molar-refractivity contribution in [1.82, 2.24) is 4.90 Å². The molecule has 0 saturated carbocycles. The van der Waals surface area contributed by atoms with E-state index >= 15 is 0 Å². The van der Waals surface area contributed by atoms with E-state index in [0.717, 1.165) is 6.42 Å². The summed E-state index contributed by atoms with van der Waals surface area (Å²) in [7, 11) is 1.61. The van der Waals surface area contributed by atoms with Gasteiger partial charge in [0.25, 0.3) is 0 Å². The van der Waals surface area contributed by atoms with Crippen LogP contribution in [0.25, 0.3) is 0 Å². The molecule has 112 valence electrons. The molecule has 0 aromatic heterocycles. The number of hydrogen-bond donors (Lipinski definition) is 2. The number of rotatable bonds is 9. The largest absolute Gasteiger partial charge is 0.383 e. The number of nitrogens with zero attached hydrogens (tertiary/aromatic N) is 1. The van der Waals surface area contributed by atoms with E-state index in [2.05, 4.69) is 5.32 Å². The molecule has 0 aliphatic heterocycles. The van der Waals surface area contributed by atoms with Gasteiger partial charge in [-0.25, -0.2) is 4.39 Å². The number of para-hydroxylation sites is 1. The van der Waals surface area contributed by atoms with E-state index in [0.29, 0.717) is 26.2 Å². The summed E-state index contributed by atoms with van der Waals surface area (Å²) in [6.45, 7) is 2.65. The van der Waals surface area contributed by atoms with E-state index in [1.54, 1.807) is 19.2 Å². The molecular formula is C14H22FN3O2. The molecule has 20 heavy (non-hydrogen) atoms. The van der Waals surface area contributed by atoms with E-state index in [4.69, 9.17) is 10.5 Å². The van der Waals surface area contributed by atoms with Crippen molar-refractivity contribution < 1.29 is 13.9 Å². The van der Waals surface area contributed by atoms with Gasteiger partial charge < -0.3 is 15.8 Å². The second kappa shape index (κ2) is 9.41. The van der Waals surface area contributed by atoms with Crippen LogP contribution in [0.4, 0.5) is 10.1 Å². The molecule has 0 unspecified atom stereocenters. The Bertz CT molecular complexity index is 407. The van der Waals surface area contributed by atoms with Gasteiger partial charge >= 0.3 is 0 Å². The lowest BCUT2D eigenvalue weighted by atomic mass is 10.3. The fourth-order valence-electron chi connectivity index (χ4n) is 1.76. The molecule has 1 aromatic rings. The number of carbonyl (C=O) groups is 1. The molecular weight excluding hydrogens is 261 g/mol. The maximum atomic E-state index is 13.4. The highest BCUT2D eigenvalue weighted by Gasteiger charge is 2.11. The standard InChI is InChI=1S/C14H22FN3O2/c1-20-10-9-18(8-4-7-16)11-14(19)17-13-6-3-2-5-12(13)15/h2-3,5-6H,4,7-11,16H2,1H3,(H,17,19). The number of ether oxygens (including phenoxy) is 1. The Morgan fingerprint density at radius 1 is 1.40 bits per heavy atom. The summed E-state index contributed by atoms with van der Waals surface area (Å²) < 4.78 is 18.4. The van der Waals surface area contributed by atoms with Crippen molar-refractivity contribution >= 4 is 11.6 Å². The van der Waals surface area contributed by atoms with E-state index in [1.165, 1.54) is 12.1 Å². The van der Waals surface area contributed by atoms with E-state index in [9.17, 15) is 9.18 Å². The van der Waals surface area contributed by atoms with Crippen LogP contribution in [0.3, 0.4) is 0 Å². The lowest BCUT2D eigenvalue weighted by Gasteiger charge is -2.21. The number of benzene rings is 1. The Labute approximate surface area is 118 Å². The van der Waals surface area contributed by atoms with Crippen molar-refractivity contribution in [2.45, 2.75) is 6.42 Å². The Hall–Kier alpha value is -1.50. The molecule has 6 heteroatoms. The van der Waals surface area contributed by atoms with Crippen molar-refractivity contribution in [1.29, 1.82) is 0 Å². The van der Waals surface area contributed by atoms with Gasteiger partial charge in [0.2, 0.25) is 5.91 Å². The summed E-state index contributed by atoms with van der Waals surface area (Å²) in [6.07, 6.45) is 0.802.